The highest BCUT2D eigenvalue weighted by Crippen LogP contribution is 2.42. The fourth-order valence-corrected chi connectivity index (χ4v) is 8.41. The van der Waals surface area contributed by atoms with Crippen molar-refractivity contribution in [2.45, 2.75) is 110 Å². The summed E-state index contributed by atoms with van der Waals surface area (Å²) in [5.41, 5.74) is 3.85. The highest BCUT2D eigenvalue weighted by Gasteiger charge is 2.42. The molecule has 236 valence electrons. The third-order valence-corrected chi connectivity index (χ3v) is 11.6. The van der Waals surface area contributed by atoms with Gasteiger partial charge in [0.05, 0.1) is 26.4 Å². The molecule has 2 atom stereocenters. The molecule has 9 nitrogen and oxygen atoms in total. The highest BCUT2D eigenvalue weighted by atomic mass is 35.5. The Balaban J connectivity index is 1.30. The standard InChI is InChI=1S/C32H43ClN6O3SSi/c1-19-35-25-11-10-23(27(33)29(25)43-19)24-17-38(18-41-12-13-44(5,6)7)30-28(24)34-16-26(37-30)39-21-8-9-22(39)15-20(14-21)36-31(40)42-32(2,3)4/h10-11,16-17,20-22H,8-9,12-15,18H2,1-7H3,(H,36,40). The van der Waals surface area contributed by atoms with E-state index in [1.807, 2.05) is 46.0 Å². The van der Waals surface area contributed by atoms with E-state index in [0.29, 0.717) is 18.4 Å². The number of aryl methyl sites for hydroxylation is 1. The molecule has 5 heterocycles. The SMILES string of the molecule is Cc1nc2ccc(-c3cn(COCC[Si](C)(C)C)c4nc(N5C6CCC5CC(NC(=O)OC(C)(C)C)C6)cnc34)c(Cl)c2s1. The fourth-order valence-electron chi connectivity index (χ4n) is 6.42. The zero-order chi connectivity index (χ0) is 31.4. The molecule has 44 heavy (non-hydrogen) atoms. The van der Waals surface area contributed by atoms with Gasteiger partial charge >= 0.3 is 6.09 Å². The number of hydrogen-bond donors (Lipinski definition) is 1. The Kier molecular flexibility index (Phi) is 8.45. The molecule has 2 saturated heterocycles. The molecular weight excluding hydrogens is 612 g/mol. The van der Waals surface area contributed by atoms with Crippen molar-refractivity contribution in [3.8, 4) is 11.1 Å². The lowest BCUT2D eigenvalue weighted by molar-refractivity contribution is 0.0492. The summed E-state index contributed by atoms with van der Waals surface area (Å²) in [5, 5.41) is 4.79. The van der Waals surface area contributed by atoms with Gasteiger partial charge in [-0.1, -0.05) is 37.3 Å². The van der Waals surface area contributed by atoms with Crippen molar-refractivity contribution >= 4 is 64.3 Å². The Hall–Kier alpha value is -2.73. The number of alkyl carbamates (subject to hydrolysis) is 1. The Bertz CT molecular complexity index is 1680. The molecule has 12 heteroatoms. The van der Waals surface area contributed by atoms with E-state index in [-0.39, 0.29) is 24.2 Å². The number of halogens is 1. The van der Waals surface area contributed by atoms with Crippen molar-refractivity contribution in [2.75, 3.05) is 11.5 Å². The molecule has 3 aromatic heterocycles. The lowest BCUT2D eigenvalue weighted by Gasteiger charge is -2.39. The first-order valence-electron chi connectivity index (χ1n) is 15.5. The summed E-state index contributed by atoms with van der Waals surface area (Å²) in [4.78, 5) is 29.8. The number of hydrogen-bond acceptors (Lipinski definition) is 8. The summed E-state index contributed by atoms with van der Waals surface area (Å²) in [6.07, 6.45) is 7.46. The van der Waals surface area contributed by atoms with Gasteiger partial charge in [-0.15, -0.1) is 11.3 Å². The summed E-state index contributed by atoms with van der Waals surface area (Å²) < 4.78 is 14.8. The van der Waals surface area contributed by atoms with Gasteiger partial charge in [0.2, 0.25) is 0 Å². The molecule has 4 aromatic rings. The van der Waals surface area contributed by atoms with Gasteiger partial charge in [0, 0.05) is 50.1 Å². The molecule has 0 saturated carbocycles. The molecule has 2 bridgehead atoms. The number of carbonyl (C=O) groups excluding carboxylic acids is 1. The lowest BCUT2D eigenvalue weighted by Crippen LogP contribution is -2.51. The minimum atomic E-state index is -1.22. The fraction of sp³-hybridized carbons (Fsp3) is 0.562. The second-order valence-corrected chi connectivity index (χ2v) is 21.6. The molecule has 1 aromatic carbocycles. The van der Waals surface area contributed by atoms with Crippen molar-refractivity contribution in [3.05, 3.63) is 34.6 Å². The van der Waals surface area contributed by atoms with Crippen molar-refractivity contribution in [3.63, 3.8) is 0 Å². The summed E-state index contributed by atoms with van der Waals surface area (Å²) in [6.45, 7) is 15.9. The maximum atomic E-state index is 12.5. The molecule has 2 unspecified atom stereocenters. The van der Waals surface area contributed by atoms with Crippen molar-refractivity contribution in [1.82, 2.24) is 24.8 Å². The molecule has 0 radical (unpaired) electrons. The van der Waals surface area contributed by atoms with E-state index in [2.05, 4.69) is 45.6 Å². The van der Waals surface area contributed by atoms with Gasteiger partial charge in [0.25, 0.3) is 0 Å². The van der Waals surface area contributed by atoms with E-state index in [1.54, 1.807) is 11.3 Å². The van der Waals surface area contributed by atoms with Gasteiger partial charge in [-0.2, -0.15) is 0 Å². The van der Waals surface area contributed by atoms with E-state index in [0.717, 1.165) is 75.1 Å². The van der Waals surface area contributed by atoms with Gasteiger partial charge in [-0.3, -0.25) is 0 Å². The monoisotopic (exact) mass is 654 g/mol. The van der Waals surface area contributed by atoms with Gasteiger partial charge in [0.1, 0.15) is 23.7 Å². The van der Waals surface area contributed by atoms with Crippen LogP contribution in [0.1, 0.15) is 51.5 Å². The van der Waals surface area contributed by atoms with Crippen LogP contribution in [0, 0.1) is 6.92 Å². The largest absolute Gasteiger partial charge is 0.444 e. The Morgan fingerprint density at radius 3 is 2.55 bits per heavy atom. The second kappa shape index (κ2) is 11.9. The Morgan fingerprint density at radius 2 is 1.86 bits per heavy atom. The number of ether oxygens (including phenoxy) is 2. The van der Waals surface area contributed by atoms with Crippen LogP contribution in [0.5, 0.6) is 0 Å². The van der Waals surface area contributed by atoms with Gasteiger partial charge < -0.3 is 24.3 Å². The zero-order valence-corrected chi connectivity index (χ0v) is 29.3. The Labute approximate surface area is 269 Å². The number of rotatable bonds is 8. The number of thiazole rings is 1. The van der Waals surface area contributed by atoms with E-state index >= 15 is 0 Å². The minimum Gasteiger partial charge on any atom is -0.444 e. The topological polar surface area (TPSA) is 94.4 Å². The molecule has 1 N–H and O–H groups in total. The lowest BCUT2D eigenvalue weighted by atomic mass is 9.97. The third kappa shape index (κ3) is 6.61. The summed E-state index contributed by atoms with van der Waals surface area (Å²) in [5.74, 6) is 0.869. The molecule has 1 amide bonds. The zero-order valence-electron chi connectivity index (χ0n) is 26.7. The predicted molar refractivity (Wildman–Crippen MR) is 182 cm³/mol. The van der Waals surface area contributed by atoms with Crippen LogP contribution < -0.4 is 10.2 Å². The maximum Gasteiger partial charge on any atom is 0.407 e. The van der Waals surface area contributed by atoms with Crippen LogP contribution in [0.15, 0.2) is 24.5 Å². The van der Waals surface area contributed by atoms with Gasteiger partial charge in [-0.25, -0.2) is 19.7 Å². The van der Waals surface area contributed by atoms with Crippen LogP contribution >= 0.6 is 22.9 Å². The van der Waals surface area contributed by atoms with Crippen LogP contribution in [0.3, 0.4) is 0 Å². The average Bonchev–Trinajstić information content (AvgIpc) is 3.56. The summed E-state index contributed by atoms with van der Waals surface area (Å²) in [6, 6.07) is 5.80. The molecule has 2 aliphatic rings. The van der Waals surface area contributed by atoms with Gasteiger partial charge in [-0.05, 0) is 65.5 Å². The van der Waals surface area contributed by atoms with Crippen molar-refractivity contribution < 1.29 is 14.3 Å². The second-order valence-electron chi connectivity index (χ2n) is 14.4. The first kappa shape index (κ1) is 31.3. The smallest absolute Gasteiger partial charge is 0.407 e. The van der Waals surface area contributed by atoms with Crippen LogP contribution in [-0.2, 0) is 16.2 Å². The van der Waals surface area contributed by atoms with E-state index in [9.17, 15) is 4.79 Å². The normalized spacial score (nSPS) is 20.5. The van der Waals surface area contributed by atoms with Crippen molar-refractivity contribution in [1.29, 1.82) is 0 Å². The van der Waals surface area contributed by atoms with Crippen molar-refractivity contribution in [2.24, 2.45) is 0 Å². The van der Waals surface area contributed by atoms with E-state index in [1.165, 1.54) is 0 Å². The molecule has 2 fully saturated rings. The molecule has 0 aliphatic carbocycles. The summed E-state index contributed by atoms with van der Waals surface area (Å²) in [7, 11) is -1.22. The number of amides is 1. The molecule has 6 rings (SSSR count). The third-order valence-electron chi connectivity index (χ3n) is 8.39. The maximum absolute atomic E-state index is 12.5. The van der Waals surface area contributed by atoms with Crippen LogP contribution in [-0.4, -0.2) is 64.0 Å². The van der Waals surface area contributed by atoms with Crippen LogP contribution in [0.2, 0.25) is 30.7 Å². The minimum absolute atomic E-state index is 0.0814. The van der Waals surface area contributed by atoms with E-state index < -0.39 is 13.7 Å². The quantitative estimate of drug-likeness (QED) is 0.152. The number of nitrogens with one attached hydrogen (secondary N) is 1. The average molecular weight is 655 g/mol. The molecule has 0 spiro atoms. The van der Waals surface area contributed by atoms with E-state index in [4.69, 9.17) is 31.0 Å². The summed E-state index contributed by atoms with van der Waals surface area (Å²) >= 11 is 8.61. The van der Waals surface area contributed by atoms with Crippen LogP contribution in [0.25, 0.3) is 32.5 Å². The molecule has 2 aliphatic heterocycles. The number of anilines is 1. The number of fused-ring (bicyclic) bond motifs is 4. The number of carbonyl (C=O) groups is 1. The number of nitrogens with zero attached hydrogens (tertiary/aromatic N) is 5. The Morgan fingerprint density at radius 1 is 1.14 bits per heavy atom. The number of piperidine rings is 1. The molecular formula is C32H43ClN6O3SSi. The van der Waals surface area contributed by atoms with Crippen LogP contribution in [0.4, 0.5) is 10.6 Å². The first-order valence-corrected chi connectivity index (χ1v) is 20.4. The number of benzene rings is 1. The number of aromatic nitrogens is 4. The van der Waals surface area contributed by atoms with Gasteiger partial charge in [0.15, 0.2) is 5.65 Å². The first-order chi connectivity index (χ1) is 20.8. The predicted octanol–water partition coefficient (Wildman–Crippen LogP) is 8.01. The highest BCUT2D eigenvalue weighted by molar-refractivity contribution is 7.19.